The second-order valence-corrected chi connectivity index (χ2v) is 4.04. The standard InChI is InChI=1S/C13H14FN3O/c1-9(2)18-11-5-3-10(4-6-11)17-13-7-12(14)15-8-16-13/h3-9H,1-2H3,(H,15,16,17). The Morgan fingerprint density at radius 2 is 1.89 bits per heavy atom. The maximum absolute atomic E-state index is 12.9. The fourth-order valence-corrected chi connectivity index (χ4v) is 1.44. The zero-order chi connectivity index (χ0) is 13.0. The van der Waals surface area contributed by atoms with Crippen LogP contribution in [0.2, 0.25) is 0 Å². The Morgan fingerprint density at radius 3 is 2.50 bits per heavy atom. The summed E-state index contributed by atoms with van der Waals surface area (Å²) in [6.45, 7) is 3.94. The summed E-state index contributed by atoms with van der Waals surface area (Å²) in [4.78, 5) is 7.30. The number of hydrogen-bond donors (Lipinski definition) is 1. The molecule has 0 aliphatic carbocycles. The van der Waals surface area contributed by atoms with Gasteiger partial charge >= 0.3 is 0 Å². The maximum atomic E-state index is 12.9. The molecule has 0 atom stereocenters. The van der Waals surface area contributed by atoms with Crippen LogP contribution in [0.5, 0.6) is 5.75 Å². The third kappa shape index (κ3) is 3.41. The summed E-state index contributed by atoms with van der Waals surface area (Å²) >= 11 is 0. The van der Waals surface area contributed by atoms with Crippen molar-refractivity contribution in [3.63, 3.8) is 0 Å². The minimum absolute atomic E-state index is 0.139. The van der Waals surface area contributed by atoms with Crippen molar-refractivity contribution >= 4 is 11.5 Å². The molecule has 18 heavy (non-hydrogen) atoms. The Morgan fingerprint density at radius 1 is 1.17 bits per heavy atom. The van der Waals surface area contributed by atoms with Gasteiger partial charge in [-0.25, -0.2) is 9.97 Å². The van der Waals surface area contributed by atoms with Crippen molar-refractivity contribution in [2.45, 2.75) is 20.0 Å². The number of nitrogens with one attached hydrogen (secondary N) is 1. The van der Waals surface area contributed by atoms with Crippen LogP contribution in [0.4, 0.5) is 15.9 Å². The number of halogens is 1. The number of hydrogen-bond acceptors (Lipinski definition) is 4. The van der Waals surface area contributed by atoms with Crippen molar-refractivity contribution in [3.8, 4) is 5.75 Å². The molecular weight excluding hydrogens is 233 g/mol. The molecule has 0 saturated carbocycles. The molecule has 4 nitrogen and oxygen atoms in total. The van der Waals surface area contributed by atoms with Crippen LogP contribution in [0.25, 0.3) is 0 Å². The highest BCUT2D eigenvalue weighted by Crippen LogP contribution is 2.19. The van der Waals surface area contributed by atoms with Gasteiger partial charge in [0.1, 0.15) is 17.9 Å². The van der Waals surface area contributed by atoms with Crippen LogP contribution >= 0.6 is 0 Å². The van der Waals surface area contributed by atoms with Gasteiger partial charge in [-0.2, -0.15) is 4.39 Å². The van der Waals surface area contributed by atoms with E-state index in [0.29, 0.717) is 5.82 Å². The van der Waals surface area contributed by atoms with Crippen molar-refractivity contribution in [1.82, 2.24) is 9.97 Å². The first kappa shape index (κ1) is 12.3. The number of aromatic nitrogens is 2. The van der Waals surface area contributed by atoms with E-state index >= 15 is 0 Å². The molecule has 2 rings (SSSR count). The molecule has 0 aliphatic heterocycles. The predicted octanol–water partition coefficient (Wildman–Crippen LogP) is 3.15. The summed E-state index contributed by atoms with van der Waals surface area (Å²) in [6, 6.07) is 8.62. The molecule has 0 spiro atoms. The topological polar surface area (TPSA) is 47.0 Å². The smallest absolute Gasteiger partial charge is 0.218 e. The SMILES string of the molecule is CC(C)Oc1ccc(Nc2cc(F)ncn2)cc1. The van der Waals surface area contributed by atoms with E-state index in [-0.39, 0.29) is 6.10 Å². The minimum Gasteiger partial charge on any atom is -0.491 e. The maximum Gasteiger partial charge on any atom is 0.218 e. The molecule has 0 fully saturated rings. The second-order valence-electron chi connectivity index (χ2n) is 4.04. The lowest BCUT2D eigenvalue weighted by Gasteiger charge is -2.10. The van der Waals surface area contributed by atoms with Crippen LogP contribution in [-0.2, 0) is 0 Å². The lowest BCUT2D eigenvalue weighted by atomic mass is 10.3. The molecular formula is C13H14FN3O. The lowest BCUT2D eigenvalue weighted by molar-refractivity contribution is 0.242. The minimum atomic E-state index is -0.563. The molecule has 0 amide bonds. The number of benzene rings is 1. The van der Waals surface area contributed by atoms with E-state index in [0.717, 1.165) is 11.4 Å². The van der Waals surface area contributed by atoms with E-state index in [9.17, 15) is 4.39 Å². The summed E-state index contributed by atoms with van der Waals surface area (Å²) in [6.07, 6.45) is 1.31. The van der Waals surface area contributed by atoms with Crippen molar-refractivity contribution < 1.29 is 9.13 Å². The number of rotatable bonds is 4. The summed E-state index contributed by atoms with van der Waals surface area (Å²) < 4.78 is 18.4. The molecule has 1 heterocycles. The van der Waals surface area contributed by atoms with E-state index in [1.165, 1.54) is 12.4 Å². The normalized spacial score (nSPS) is 10.4. The van der Waals surface area contributed by atoms with E-state index < -0.39 is 5.95 Å². The summed E-state index contributed by atoms with van der Waals surface area (Å²) in [5.41, 5.74) is 0.809. The molecule has 1 N–H and O–H groups in total. The van der Waals surface area contributed by atoms with Gasteiger partial charge in [0.15, 0.2) is 0 Å². The zero-order valence-corrected chi connectivity index (χ0v) is 10.2. The van der Waals surface area contributed by atoms with Crippen LogP contribution < -0.4 is 10.1 Å². The first-order chi connectivity index (χ1) is 8.63. The van der Waals surface area contributed by atoms with Crippen LogP contribution in [0.15, 0.2) is 36.7 Å². The number of nitrogens with zero attached hydrogens (tertiary/aromatic N) is 2. The van der Waals surface area contributed by atoms with Gasteiger partial charge in [-0.05, 0) is 38.1 Å². The first-order valence-corrected chi connectivity index (χ1v) is 5.65. The van der Waals surface area contributed by atoms with Gasteiger partial charge in [0.2, 0.25) is 5.95 Å². The van der Waals surface area contributed by atoms with Gasteiger partial charge in [0.05, 0.1) is 6.10 Å². The molecule has 1 aromatic heterocycles. The first-order valence-electron chi connectivity index (χ1n) is 5.65. The van der Waals surface area contributed by atoms with E-state index in [1.807, 2.05) is 38.1 Å². The molecule has 0 unspecified atom stereocenters. The highest BCUT2D eigenvalue weighted by molar-refractivity contribution is 5.56. The average molecular weight is 247 g/mol. The molecule has 1 aromatic carbocycles. The highest BCUT2D eigenvalue weighted by atomic mass is 19.1. The van der Waals surface area contributed by atoms with Crippen molar-refractivity contribution in [3.05, 3.63) is 42.6 Å². The Bertz CT molecular complexity index is 514. The summed E-state index contributed by atoms with van der Waals surface area (Å²) in [5, 5.41) is 2.98. The quantitative estimate of drug-likeness (QED) is 0.843. The van der Waals surface area contributed by atoms with Gasteiger partial charge in [0.25, 0.3) is 0 Å². The molecule has 2 aromatic rings. The molecule has 94 valence electrons. The average Bonchev–Trinajstić information content (AvgIpc) is 2.31. The van der Waals surface area contributed by atoms with Crippen molar-refractivity contribution in [1.29, 1.82) is 0 Å². The Kier molecular flexibility index (Phi) is 3.72. The van der Waals surface area contributed by atoms with E-state index in [1.54, 1.807) is 0 Å². The Labute approximate surface area is 105 Å². The number of ether oxygens (including phenoxy) is 1. The van der Waals surface area contributed by atoms with Crippen LogP contribution in [0.1, 0.15) is 13.8 Å². The predicted molar refractivity (Wildman–Crippen MR) is 67.5 cm³/mol. The van der Waals surface area contributed by atoms with Gasteiger partial charge in [-0.3, -0.25) is 0 Å². The fourth-order valence-electron chi connectivity index (χ4n) is 1.44. The van der Waals surface area contributed by atoms with Crippen molar-refractivity contribution in [2.24, 2.45) is 0 Å². The summed E-state index contributed by atoms with van der Waals surface area (Å²) in [7, 11) is 0. The number of anilines is 2. The molecule has 0 aliphatic rings. The molecule has 0 bridgehead atoms. The third-order valence-electron chi connectivity index (χ3n) is 2.13. The Hall–Kier alpha value is -2.17. The molecule has 0 saturated heterocycles. The second kappa shape index (κ2) is 5.44. The van der Waals surface area contributed by atoms with Crippen LogP contribution in [0, 0.1) is 5.95 Å². The van der Waals surface area contributed by atoms with Gasteiger partial charge in [0, 0.05) is 11.8 Å². The van der Waals surface area contributed by atoms with Gasteiger partial charge < -0.3 is 10.1 Å². The van der Waals surface area contributed by atoms with Crippen LogP contribution in [0.3, 0.4) is 0 Å². The zero-order valence-electron chi connectivity index (χ0n) is 10.2. The van der Waals surface area contributed by atoms with Crippen LogP contribution in [-0.4, -0.2) is 16.1 Å². The molecule has 0 radical (unpaired) electrons. The molecule has 5 heteroatoms. The lowest BCUT2D eigenvalue weighted by Crippen LogP contribution is -2.05. The largest absolute Gasteiger partial charge is 0.491 e. The third-order valence-corrected chi connectivity index (χ3v) is 2.13. The van der Waals surface area contributed by atoms with Gasteiger partial charge in [-0.15, -0.1) is 0 Å². The monoisotopic (exact) mass is 247 g/mol. The van der Waals surface area contributed by atoms with Crippen molar-refractivity contribution in [2.75, 3.05) is 5.32 Å². The summed E-state index contributed by atoms with van der Waals surface area (Å²) in [5.74, 6) is 0.650. The van der Waals surface area contributed by atoms with E-state index in [4.69, 9.17) is 4.74 Å². The fraction of sp³-hybridized carbons (Fsp3) is 0.231. The van der Waals surface area contributed by atoms with Gasteiger partial charge in [-0.1, -0.05) is 0 Å². The highest BCUT2D eigenvalue weighted by Gasteiger charge is 2.00. The van der Waals surface area contributed by atoms with E-state index in [2.05, 4.69) is 15.3 Å². The Balaban J connectivity index is 2.06.